The van der Waals surface area contributed by atoms with Crippen LogP contribution < -0.4 is 0 Å². The summed E-state index contributed by atoms with van der Waals surface area (Å²) in [5.74, 6) is 0. The van der Waals surface area contributed by atoms with Crippen molar-refractivity contribution in [3.8, 4) is 0 Å². The lowest BCUT2D eigenvalue weighted by molar-refractivity contribution is -0.0578. The van der Waals surface area contributed by atoms with Gasteiger partial charge in [-0.25, -0.2) is 0 Å². The number of nitrogens with zero attached hydrogens (tertiary/aromatic N) is 3. The fourth-order valence-electron chi connectivity index (χ4n) is 6.39. The molecule has 0 aliphatic rings. The molecule has 0 unspecified atom stereocenters. The van der Waals surface area contributed by atoms with Gasteiger partial charge in [-0.3, -0.25) is 14.7 Å². The molecule has 0 radical (unpaired) electrons. The predicted octanol–water partition coefficient (Wildman–Crippen LogP) is -1.03. The topological polar surface area (TPSA) is 286 Å². The third kappa shape index (κ3) is 51.5. The molecule has 21 heteroatoms. The zero-order valence-electron chi connectivity index (χ0n) is 42.4. The van der Waals surface area contributed by atoms with E-state index in [-0.39, 0.29) is 59.3 Å². The van der Waals surface area contributed by atoms with Crippen molar-refractivity contribution in [2.45, 2.75) is 83.1 Å². The van der Waals surface area contributed by atoms with Crippen LogP contribution >= 0.6 is 0 Å². The lowest BCUT2D eigenvalue weighted by Crippen LogP contribution is -2.58. The summed E-state index contributed by atoms with van der Waals surface area (Å²) in [4.78, 5) is 6.06. The Hall–Kier alpha value is -0.840. The van der Waals surface area contributed by atoms with E-state index in [1.54, 1.807) is 0 Å². The smallest absolute Gasteiger partial charge is 0.0908 e. The summed E-state index contributed by atoms with van der Waals surface area (Å²) in [6.45, 7) is 14.6. The van der Waals surface area contributed by atoms with E-state index < -0.39 is 25.4 Å². The van der Waals surface area contributed by atoms with Crippen molar-refractivity contribution in [3.05, 3.63) is 0 Å². The second-order valence-electron chi connectivity index (χ2n) is 15.9. The Morgan fingerprint density at radius 1 is 0.265 bits per heavy atom. The summed E-state index contributed by atoms with van der Waals surface area (Å²) in [6.07, 6.45) is 14.2. The van der Waals surface area contributed by atoms with Gasteiger partial charge in [0.05, 0.1) is 171 Å². The van der Waals surface area contributed by atoms with E-state index in [1.807, 2.05) is 0 Å². The highest BCUT2D eigenvalue weighted by molar-refractivity contribution is 4.89. The molecule has 0 fully saturated rings. The van der Waals surface area contributed by atoms with Crippen molar-refractivity contribution >= 4 is 0 Å². The Balaban J connectivity index is -0.00000100. The van der Waals surface area contributed by atoms with E-state index in [1.165, 1.54) is 69.1 Å². The average Bonchev–Trinajstić information content (AvgIpc) is 3.35. The molecule has 0 saturated heterocycles. The van der Waals surface area contributed by atoms with Crippen molar-refractivity contribution in [1.82, 2.24) is 14.7 Å². The number of ether oxygens (including phenoxy) is 8. The molecule has 0 bridgehead atoms. The van der Waals surface area contributed by atoms with Gasteiger partial charge >= 0.3 is 0 Å². The molecular weight excluding hydrogens is 895 g/mol. The van der Waals surface area contributed by atoms with Crippen LogP contribution in [0.5, 0.6) is 0 Å². The number of unbranched alkanes of at least 4 members (excludes halogenated alkanes) is 9. The molecule has 10 N–H and O–H groups in total. The molecule has 0 aliphatic heterocycles. The zero-order chi connectivity index (χ0) is 50.7. The Labute approximate surface area is 410 Å². The van der Waals surface area contributed by atoms with Gasteiger partial charge in [0.15, 0.2) is 0 Å². The van der Waals surface area contributed by atoms with Crippen LogP contribution in [0.15, 0.2) is 0 Å². The maximum atomic E-state index is 9.08. The summed E-state index contributed by atoms with van der Waals surface area (Å²) in [5.41, 5.74) is -1.18. The third-order valence-corrected chi connectivity index (χ3v) is 10.4. The third-order valence-electron chi connectivity index (χ3n) is 10.4. The van der Waals surface area contributed by atoms with Gasteiger partial charge in [-0.2, -0.15) is 0 Å². The first kappa shape index (κ1) is 71.4. The van der Waals surface area contributed by atoms with Crippen molar-refractivity contribution in [1.29, 1.82) is 0 Å². The minimum atomic E-state index is -1.18. The Morgan fingerprint density at radius 3 is 0.809 bits per heavy atom. The number of hydrogen-bond acceptors (Lipinski definition) is 21. The number of hydrogen-bond donors (Lipinski definition) is 10. The molecule has 0 aromatic heterocycles. The van der Waals surface area contributed by atoms with Crippen LogP contribution in [0.4, 0.5) is 0 Å². The van der Waals surface area contributed by atoms with Gasteiger partial charge in [-0.15, -0.1) is 0 Å². The van der Waals surface area contributed by atoms with E-state index >= 15 is 0 Å². The van der Waals surface area contributed by atoms with Crippen LogP contribution in [0.3, 0.4) is 0 Å². The summed E-state index contributed by atoms with van der Waals surface area (Å²) in [7, 11) is 0. The van der Waals surface area contributed by atoms with Gasteiger partial charge in [0.25, 0.3) is 0 Å². The van der Waals surface area contributed by atoms with Crippen LogP contribution in [0.25, 0.3) is 0 Å². The van der Waals surface area contributed by atoms with Crippen molar-refractivity contribution in [3.63, 3.8) is 0 Å². The quantitative estimate of drug-likeness (QED) is 0.0326. The molecule has 0 amide bonds. The first-order valence-corrected chi connectivity index (χ1v) is 25.3. The highest BCUT2D eigenvalue weighted by Gasteiger charge is 2.34. The second kappa shape index (κ2) is 62.3. The van der Waals surface area contributed by atoms with Gasteiger partial charge in [-0.05, 0) is 19.4 Å². The maximum absolute atomic E-state index is 9.08. The molecule has 0 rings (SSSR count). The van der Waals surface area contributed by atoms with Crippen LogP contribution in [0.1, 0.15) is 77.6 Å². The zero-order valence-corrected chi connectivity index (χ0v) is 42.4. The number of aliphatic hydroxyl groups excluding tert-OH is 10. The van der Waals surface area contributed by atoms with Crippen molar-refractivity contribution < 1.29 is 89.0 Å². The molecule has 0 atom stereocenters. The van der Waals surface area contributed by atoms with Crippen LogP contribution in [-0.4, -0.2) is 295 Å². The summed E-state index contributed by atoms with van der Waals surface area (Å²) < 4.78 is 42.9. The lowest BCUT2D eigenvalue weighted by Gasteiger charge is -2.39. The Bertz CT molecular complexity index is 845. The number of aliphatic hydroxyl groups is 10. The lowest BCUT2D eigenvalue weighted by atomic mass is 10.0. The molecule has 0 aromatic carbocycles. The minimum Gasteiger partial charge on any atom is -0.396 e. The highest BCUT2D eigenvalue weighted by Crippen LogP contribution is 2.13. The summed E-state index contributed by atoms with van der Waals surface area (Å²) in [6, 6.07) is 0. The first-order chi connectivity index (χ1) is 33.4. The van der Waals surface area contributed by atoms with Gasteiger partial charge in [0.1, 0.15) is 0 Å². The molecule has 0 aromatic rings. The fourth-order valence-corrected chi connectivity index (χ4v) is 6.39. The van der Waals surface area contributed by atoms with Gasteiger partial charge in [-0.1, -0.05) is 64.7 Å². The van der Waals surface area contributed by atoms with E-state index in [4.69, 9.17) is 89.0 Å². The summed E-state index contributed by atoms with van der Waals surface area (Å²) in [5, 5.41) is 88.2. The molecule has 0 spiro atoms. The molecule has 0 heterocycles. The molecule has 21 nitrogen and oxygen atoms in total. The SMILES string of the molecule is CCCCCCCCCCCCN(CCOCCOCCO)CCOCCOCCO.OCCCN(CCOCCOCCO)CCOCCOCCO.OCCN(CCO)C(CO)(CO)CO. The normalized spacial score (nSPS) is 11.7. The van der Waals surface area contributed by atoms with E-state index in [9.17, 15) is 0 Å². The maximum Gasteiger partial charge on any atom is 0.0908 e. The molecule has 414 valence electrons. The number of β-amino-alcohol motifs (C(OH)–C–C–N with tert-alkyl or cyclic N) is 2. The Kier molecular flexibility index (Phi) is 65.4. The summed E-state index contributed by atoms with van der Waals surface area (Å²) >= 11 is 0. The molecular formula is C47H103N3O18. The first-order valence-electron chi connectivity index (χ1n) is 25.3. The van der Waals surface area contributed by atoms with Gasteiger partial charge in [0, 0.05) is 52.4 Å². The molecule has 68 heavy (non-hydrogen) atoms. The van der Waals surface area contributed by atoms with Gasteiger partial charge < -0.3 is 89.0 Å². The van der Waals surface area contributed by atoms with Crippen LogP contribution in [0, 0.1) is 0 Å². The minimum absolute atomic E-state index is 0.0278. The van der Waals surface area contributed by atoms with Crippen LogP contribution in [0.2, 0.25) is 0 Å². The van der Waals surface area contributed by atoms with Crippen LogP contribution in [-0.2, 0) is 37.9 Å². The van der Waals surface area contributed by atoms with Crippen molar-refractivity contribution in [2.24, 2.45) is 0 Å². The van der Waals surface area contributed by atoms with Gasteiger partial charge in [0.2, 0.25) is 0 Å². The standard InChI is InChI=1S/C24H51NO6.C15H33NO7.C8H19NO5/c1-2-3-4-5-6-7-8-9-10-11-12-25(13-17-28-21-23-30-19-15-26)14-18-29-22-24-31-20-16-27;17-5-1-2-16(3-8-20-12-14-22-10-6-18)4-9-21-13-15-23-11-7-19;10-3-1-9(2-4-11)8(5-12,6-13)7-14/h26-27H,2-24H2,1H3;17-19H,1-15H2;10-14H,1-7H2. The predicted molar refractivity (Wildman–Crippen MR) is 261 cm³/mol. The molecule has 0 saturated carbocycles. The monoisotopic (exact) mass is 998 g/mol. The number of rotatable bonds is 54. The highest BCUT2D eigenvalue weighted by atomic mass is 16.5. The second-order valence-corrected chi connectivity index (χ2v) is 15.9. The van der Waals surface area contributed by atoms with E-state index in [0.29, 0.717) is 106 Å². The Morgan fingerprint density at radius 2 is 0.544 bits per heavy atom. The van der Waals surface area contributed by atoms with E-state index in [2.05, 4.69) is 16.7 Å². The molecule has 0 aliphatic carbocycles. The average molecular weight is 998 g/mol. The largest absolute Gasteiger partial charge is 0.396 e. The van der Waals surface area contributed by atoms with Crippen molar-refractivity contribution in [2.75, 3.05) is 224 Å². The van der Waals surface area contributed by atoms with E-state index in [0.717, 1.165) is 45.7 Å². The fraction of sp³-hybridized carbons (Fsp3) is 1.00.